The number of nitrogens with zero attached hydrogens (tertiary/aromatic N) is 7. The molecule has 2 aliphatic heterocycles. The van der Waals surface area contributed by atoms with Gasteiger partial charge in [-0.25, -0.2) is 4.98 Å². The first-order valence-electron chi connectivity index (χ1n) is 12.4. The number of nitrogens with one attached hydrogen (secondary N) is 1. The summed E-state index contributed by atoms with van der Waals surface area (Å²) < 4.78 is 0. The maximum Gasteiger partial charge on any atom is 0.157 e. The number of rotatable bonds is 4. The molecule has 0 radical (unpaired) electrons. The predicted octanol–water partition coefficient (Wildman–Crippen LogP) is 4.43. The van der Waals surface area contributed by atoms with E-state index in [1.165, 1.54) is 0 Å². The van der Waals surface area contributed by atoms with Crippen LogP contribution in [0.2, 0.25) is 0 Å². The maximum absolute atomic E-state index is 5.16. The Hall–Kier alpha value is -4.59. The standard InChI is InChI=1S/C29H26N8/c1-17-5-4-6-21(18-7-9-30-10-8-18)27-26(17)34-29(35-27)28-22-12-23(19-11-20(36(2)3)14-31-13-19)32-15-24(22)37-16-25(37)33-28/h4-15,17,25H,16H2,1-3H3,(H,34,35)/t17-,25?,37?/m1/s1. The molecule has 1 saturated heterocycles. The molecule has 1 aliphatic carbocycles. The van der Waals surface area contributed by atoms with Crippen LogP contribution in [0.25, 0.3) is 16.8 Å². The maximum atomic E-state index is 5.16. The summed E-state index contributed by atoms with van der Waals surface area (Å²) in [5, 5.41) is 0. The number of aliphatic imine (C=N–C) groups is 1. The van der Waals surface area contributed by atoms with Crippen LogP contribution in [0.5, 0.6) is 0 Å². The summed E-state index contributed by atoms with van der Waals surface area (Å²) in [5.41, 5.74) is 10.1. The Morgan fingerprint density at radius 1 is 1.03 bits per heavy atom. The highest BCUT2D eigenvalue weighted by Gasteiger charge is 2.41. The summed E-state index contributed by atoms with van der Waals surface area (Å²) in [7, 11) is 4.02. The van der Waals surface area contributed by atoms with E-state index in [1.54, 1.807) is 0 Å². The fourth-order valence-electron chi connectivity index (χ4n) is 5.03. The Kier molecular flexibility index (Phi) is 4.82. The predicted molar refractivity (Wildman–Crippen MR) is 146 cm³/mol. The topological polar surface area (TPSA) is 86.0 Å². The second kappa shape index (κ2) is 8.23. The van der Waals surface area contributed by atoms with Gasteiger partial charge >= 0.3 is 0 Å². The van der Waals surface area contributed by atoms with E-state index >= 15 is 0 Å². The molecule has 1 unspecified atom stereocenters. The molecule has 8 nitrogen and oxygen atoms in total. The van der Waals surface area contributed by atoms with Gasteiger partial charge in [-0.15, -0.1) is 0 Å². The quantitative estimate of drug-likeness (QED) is 0.430. The third kappa shape index (κ3) is 3.64. The molecule has 1 N–H and O–H groups in total. The summed E-state index contributed by atoms with van der Waals surface area (Å²) in [6, 6.07) is 8.28. The summed E-state index contributed by atoms with van der Waals surface area (Å²) in [6.45, 7) is 3.09. The number of hydrogen-bond donors (Lipinski definition) is 1. The first kappa shape index (κ1) is 21.7. The Balaban J connectivity index is 1.34. The Bertz CT molecular complexity index is 1610. The zero-order valence-corrected chi connectivity index (χ0v) is 20.9. The van der Waals surface area contributed by atoms with Crippen LogP contribution in [0, 0.1) is 0 Å². The normalized spacial score (nSPS) is 19.3. The van der Waals surface area contributed by atoms with Crippen LogP contribution in [-0.4, -0.2) is 57.4 Å². The lowest BCUT2D eigenvalue weighted by Gasteiger charge is -2.18. The van der Waals surface area contributed by atoms with E-state index in [-0.39, 0.29) is 12.1 Å². The SMILES string of the molecule is C[C@@H]1C=CC=C(c2ccncc2)c2nc(C3=NC4CN4c4cnc(-c5cncc(N(C)C)c5)cc43)[nH]c21. The van der Waals surface area contributed by atoms with Crippen molar-refractivity contribution in [2.75, 3.05) is 30.4 Å². The molecule has 0 amide bonds. The van der Waals surface area contributed by atoms with Gasteiger partial charge in [0.1, 0.15) is 11.9 Å². The van der Waals surface area contributed by atoms with Crippen molar-refractivity contribution in [3.63, 3.8) is 0 Å². The van der Waals surface area contributed by atoms with Gasteiger partial charge in [0.25, 0.3) is 0 Å². The minimum absolute atomic E-state index is 0.145. The minimum atomic E-state index is 0.145. The average Bonchev–Trinajstić information content (AvgIpc) is 3.63. The zero-order valence-electron chi connectivity index (χ0n) is 20.9. The molecular weight excluding hydrogens is 460 g/mol. The van der Waals surface area contributed by atoms with Crippen molar-refractivity contribution in [2.45, 2.75) is 19.0 Å². The van der Waals surface area contributed by atoms with Crippen molar-refractivity contribution in [3.05, 3.63) is 102 Å². The Labute approximate surface area is 215 Å². The molecule has 0 saturated carbocycles. The average molecular weight is 487 g/mol. The van der Waals surface area contributed by atoms with Crippen molar-refractivity contribution < 1.29 is 0 Å². The lowest BCUT2D eigenvalue weighted by Crippen LogP contribution is -2.17. The van der Waals surface area contributed by atoms with Gasteiger partial charge in [-0.2, -0.15) is 0 Å². The van der Waals surface area contributed by atoms with Crippen LogP contribution < -0.4 is 9.80 Å². The monoisotopic (exact) mass is 486 g/mol. The molecule has 6 heterocycles. The van der Waals surface area contributed by atoms with Crippen LogP contribution in [-0.2, 0) is 0 Å². The molecule has 2 atom stereocenters. The van der Waals surface area contributed by atoms with Crippen LogP contribution >= 0.6 is 0 Å². The molecule has 4 aromatic heterocycles. The number of imidazole rings is 1. The lowest BCUT2D eigenvalue weighted by molar-refractivity contribution is 0.916. The highest BCUT2D eigenvalue weighted by atomic mass is 15.4. The van der Waals surface area contributed by atoms with Gasteiger partial charge < -0.3 is 14.8 Å². The van der Waals surface area contributed by atoms with Crippen molar-refractivity contribution in [1.82, 2.24) is 24.9 Å². The smallest absolute Gasteiger partial charge is 0.157 e. The van der Waals surface area contributed by atoms with Crippen LogP contribution in [0.3, 0.4) is 0 Å². The lowest BCUT2D eigenvalue weighted by atomic mass is 10.00. The van der Waals surface area contributed by atoms with Crippen LogP contribution in [0.15, 0.2) is 78.5 Å². The van der Waals surface area contributed by atoms with Crippen molar-refractivity contribution in [1.29, 1.82) is 0 Å². The Morgan fingerprint density at radius 2 is 1.89 bits per heavy atom. The van der Waals surface area contributed by atoms with E-state index in [2.05, 4.69) is 57.1 Å². The molecule has 182 valence electrons. The van der Waals surface area contributed by atoms with Crippen LogP contribution in [0.4, 0.5) is 11.4 Å². The summed E-state index contributed by atoms with van der Waals surface area (Å²) in [6.07, 6.45) is 15.9. The molecule has 3 aliphatic rings. The zero-order chi connectivity index (χ0) is 25.1. The fourth-order valence-corrected chi connectivity index (χ4v) is 5.03. The fraction of sp³-hybridized carbons (Fsp3) is 0.207. The van der Waals surface area contributed by atoms with E-state index in [9.17, 15) is 0 Å². The molecule has 7 rings (SSSR count). The number of aromatic nitrogens is 5. The minimum Gasteiger partial charge on any atom is -0.376 e. The largest absolute Gasteiger partial charge is 0.376 e. The molecular formula is C29H26N8. The van der Waals surface area contributed by atoms with Gasteiger partial charge in [0.15, 0.2) is 5.82 Å². The van der Waals surface area contributed by atoms with Gasteiger partial charge in [0, 0.05) is 61.0 Å². The van der Waals surface area contributed by atoms with E-state index in [4.69, 9.17) is 15.0 Å². The highest BCUT2D eigenvalue weighted by Crippen LogP contribution is 2.40. The molecule has 8 heteroatoms. The molecule has 0 bridgehead atoms. The number of pyridine rings is 3. The second-order valence-corrected chi connectivity index (χ2v) is 9.86. The third-order valence-electron chi connectivity index (χ3n) is 7.17. The first-order chi connectivity index (χ1) is 18.1. The molecule has 0 spiro atoms. The molecule has 4 aromatic rings. The van der Waals surface area contributed by atoms with Gasteiger partial charge in [-0.05, 0) is 29.8 Å². The number of H-pyrrole nitrogens is 1. The van der Waals surface area contributed by atoms with Crippen LogP contribution in [0.1, 0.15) is 41.2 Å². The number of anilines is 2. The summed E-state index contributed by atoms with van der Waals surface area (Å²) in [4.78, 5) is 31.6. The van der Waals surface area contributed by atoms with E-state index in [0.29, 0.717) is 0 Å². The molecule has 0 aromatic carbocycles. The number of hydrogen-bond acceptors (Lipinski definition) is 7. The van der Waals surface area contributed by atoms with E-state index < -0.39 is 0 Å². The molecule has 37 heavy (non-hydrogen) atoms. The number of aromatic amines is 1. The number of fused-ring (bicyclic) bond motifs is 4. The van der Waals surface area contributed by atoms with Gasteiger partial charge in [-0.3, -0.25) is 19.9 Å². The highest BCUT2D eigenvalue weighted by molar-refractivity contribution is 6.16. The second-order valence-electron chi connectivity index (χ2n) is 9.86. The third-order valence-corrected chi connectivity index (χ3v) is 7.17. The first-order valence-corrected chi connectivity index (χ1v) is 12.4. The number of allylic oxidation sites excluding steroid dienone is 3. The van der Waals surface area contributed by atoms with Gasteiger partial charge in [0.2, 0.25) is 0 Å². The van der Waals surface area contributed by atoms with Crippen molar-refractivity contribution in [3.8, 4) is 11.3 Å². The summed E-state index contributed by atoms with van der Waals surface area (Å²) >= 11 is 0. The van der Waals surface area contributed by atoms with Gasteiger partial charge in [-0.1, -0.05) is 25.2 Å². The summed E-state index contributed by atoms with van der Waals surface area (Å²) in [5.74, 6) is 0.984. The van der Waals surface area contributed by atoms with E-state index in [1.807, 2.05) is 62.1 Å². The van der Waals surface area contributed by atoms with Crippen molar-refractivity contribution >= 4 is 22.7 Å². The van der Waals surface area contributed by atoms with E-state index in [0.717, 1.165) is 68.8 Å². The van der Waals surface area contributed by atoms with Crippen molar-refractivity contribution in [2.24, 2.45) is 4.99 Å². The van der Waals surface area contributed by atoms with Gasteiger partial charge in [0.05, 0.1) is 41.7 Å². The Morgan fingerprint density at radius 3 is 2.73 bits per heavy atom. The molecule has 1 fully saturated rings.